The first kappa shape index (κ1) is 21.1. The first-order valence-corrected chi connectivity index (χ1v) is 7.81. The Bertz CT molecular complexity index is 727. The Morgan fingerprint density at radius 2 is 1.62 bits per heavy atom. The normalized spacial score (nSPS) is 10.7. The van der Waals surface area contributed by atoms with Crippen LogP contribution in [0.5, 0.6) is 11.5 Å². The van der Waals surface area contributed by atoms with E-state index in [0.29, 0.717) is 0 Å². The van der Waals surface area contributed by atoms with Crippen molar-refractivity contribution in [3.63, 3.8) is 0 Å². The lowest BCUT2D eigenvalue weighted by atomic mass is 9.99. The van der Waals surface area contributed by atoms with E-state index in [1.807, 2.05) is 0 Å². The zero-order valence-electron chi connectivity index (χ0n) is 15.6. The van der Waals surface area contributed by atoms with Gasteiger partial charge in [-0.05, 0) is 39.8 Å². The van der Waals surface area contributed by atoms with Gasteiger partial charge in [-0.15, -0.1) is 0 Å². The molecule has 0 aromatic heterocycles. The highest BCUT2D eigenvalue weighted by molar-refractivity contribution is 6.66. The molecule has 0 saturated heterocycles. The second kappa shape index (κ2) is 8.46. The Kier molecular flexibility index (Phi) is 6.88. The smallest absolute Gasteiger partial charge is 0.383 e. The van der Waals surface area contributed by atoms with Gasteiger partial charge in [-0.25, -0.2) is 9.59 Å². The lowest BCUT2D eigenvalue weighted by molar-refractivity contribution is -0.160. The third-order valence-electron chi connectivity index (χ3n) is 3.06. The molecule has 0 aliphatic heterocycles. The predicted octanol–water partition coefficient (Wildman–Crippen LogP) is 1.97. The van der Waals surface area contributed by atoms with Crippen LogP contribution in [-0.4, -0.2) is 49.9 Å². The van der Waals surface area contributed by atoms with Crippen LogP contribution in [-0.2, 0) is 19.1 Å². The van der Waals surface area contributed by atoms with Crippen LogP contribution < -0.4 is 9.47 Å². The Labute approximate surface area is 151 Å². The summed E-state index contributed by atoms with van der Waals surface area (Å²) in [6, 6.07) is 2.54. The summed E-state index contributed by atoms with van der Waals surface area (Å²) in [7, 11) is 2.62. The van der Waals surface area contributed by atoms with Gasteiger partial charge in [0, 0.05) is 5.56 Å². The number of benzene rings is 1. The number of ether oxygens (including phenoxy) is 4. The van der Waals surface area contributed by atoms with Crippen molar-refractivity contribution in [3.05, 3.63) is 23.3 Å². The third-order valence-corrected chi connectivity index (χ3v) is 3.06. The largest absolute Gasteiger partial charge is 0.493 e. The fourth-order valence-corrected chi connectivity index (χ4v) is 2.06. The van der Waals surface area contributed by atoms with Crippen molar-refractivity contribution in [2.45, 2.75) is 33.3 Å². The van der Waals surface area contributed by atoms with Crippen LogP contribution in [0, 0.1) is 0 Å². The molecule has 8 heteroatoms. The van der Waals surface area contributed by atoms with E-state index in [1.54, 1.807) is 27.7 Å². The van der Waals surface area contributed by atoms with Crippen LogP contribution >= 0.6 is 0 Å². The van der Waals surface area contributed by atoms with Crippen molar-refractivity contribution < 1.29 is 38.1 Å². The maximum absolute atomic E-state index is 12.5. The highest BCUT2D eigenvalue weighted by Crippen LogP contribution is 2.34. The van der Waals surface area contributed by atoms with Crippen molar-refractivity contribution >= 4 is 23.5 Å². The molecule has 1 aromatic rings. The summed E-state index contributed by atoms with van der Waals surface area (Å²) >= 11 is 0. The first-order valence-electron chi connectivity index (χ1n) is 7.81. The highest BCUT2D eigenvalue weighted by atomic mass is 16.6. The molecule has 8 nitrogen and oxygen atoms in total. The monoisotopic (exact) mass is 366 g/mol. The predicted molar refractivity (Wildman–Crippen MR) is 90.7 cm³/mol. The number of hydrogen-bond donors (Lipinski definition) is 0. The SMILES string of the molecule is CCOC(=O)c1c(C(=O)C(=O)C(=O)OC(C)(C)C)ccc(OC)c1OC. The maximum Gasteiger partial charge on any atom is 0.383 e. The molecule has 0 N–H and O–H groups in total. The molecule has 26 heavy (non-hydrogen) atoms. The summed E-state index contributed by atoms with van der Waals surface area (Å²) in [4.78, 5) is 48.9. The van der Waals surface area contributed by atoms with Gasteiger partial charge >= 0.3 is 17.7 Å². The van der Waals surface area contributed by atoms with E-state index in [2.05, 4.69) is 0 Å². The Hall–Kier alpha value is -2.90. The number of ketones is 2. The summed E-state index contributed by atoms with van der Waals surface area (Å²) in [5.41, 5.74) is -1.58. The highest BCUT2D eigenvalue weighted by Gasteiger charge is 2.34. The van der Waals surface area contributed by atoms with E-state index in [9.17, 15) is 19.2 Å². The quantitative estimate of drug-likeness (QED) is 0.312. The molecule has 1 rings (SSSR count). The summed E-state index contributed by atoms with van der Waals surface area (Å²) in [6.45, 7) is 6.29. The molecule has 0 unspecified atom stereocenters. The van der Waals surface area contributed by atoms with E-state index in [-0.39, 0.29) is 29.2 Å². The second-order valence-corrected chi connectivity index (χ2v) is 6.10. The molecular weight excluding hydrogens is 344 g/mol. The van der Waals surface area contributed by atoms with Gasteiger partial charge in [0.25, 0.3) is 0 Å². The molecule has 0 atom stereocenters. The molecule has 0 fully saturated rings. The van der Waals surface area contributed by atoms with Crippen LogP contribution in [0.15, 0.2) is 12.1 Å². The van der Waals surface area contributed by atoms with E-state index in [4.69, 9.17) is 18.9 Å². The van der Waals surface area contributed by atoms with Gasteiger partial charge in [0.05, 0.1) is 20.8 Å². The molecule has 0 heterocycles. The number of Topliss-reactive ketones (excluding diaryl/α,β-unsaturated/α-hetero) is 2. The topological polar surface area (TPSA) is 105 Å². The van der Waals surface area contributed by atoms with Crippen molar-refractivity contribution in [1.29, 1.82) is 0 Å². The van der Waals surface area contributed by atoms with Gasteiger partial charge < -0.3 is 18.9 Å². The molecule has 0 spiro atoms. The number of carbonyl (C=O) groups excluding carboxylic acids is 4. The molecular formula is C18H22O8. The molecule has 142 valence electrons. The van der Waals surface area contributed by atoms with Gasteiger partial charge in [-0.3, -0.25) is 9.59 Å². The number of methoxy groups -OCH3 is 2. The Morgan fingerprint density at radius 3 is 2.08 bits per heavy atom. The van der Waals surface area contributed by atoms with Crippen LogP contribution in [0.3, 0.4) is 0 Å². The summed E-state index contributed by atoms with van der Waals surface area (Å²) in [5.74, 6) is -4.72. The van der Waals surface area contributed by atoms with Crippen LogP contribution in [0.1, 0.15) is 48.4 Å². The number of rotatable bonds is 7. The van der Waals surface area contributed by atoms with Crippen LogP contribution in [0.4, 0.5) is 0 Å². The minimum atomic E-state index is -1.40. The molecule has 0 aliphatic rings. The van der Waals surface area contributed by atoms with E-state index < -0.39 is 29.1 Å². The average Bonchev–Trinajstić information content (AvgIpc) is 2.57. The molecule has 1 aromatic carbocycles. The lowest BCUT2D eigenvalue weighted by Gasteiger charge is -2.19. The summed E-state index contributed by atoms with van der Waals surface area (Å²) in [5, 5.41) is 0. The van der Waals surface area contributed by atoms with Gasteiger partial charge in [0.15, 0.2) is 11.5 Å². The van der Waals surface area contributed by atoms with E-state index in [0.717, 1.165) is 0 Å². The Morgan fingerprint density at radius 1 is 1.00 bits per heavy atom. The van der Waals surface area contributed by atoms with Gasteiger partial charge in [-0.2, -0.15) is 0 Å². The minimum Gasteiger partial charge on any atom is -0.493 e. The number of esters is 2. The minimum absolute atomic E-state index is 0.0346. The molecule has 0 radical (unpaired) electrons. The standard InChI is InChI=1S/C18H22O8/c1-7-25-16(21)12-10(8-9-11(23-5)15(12)24-6)13(19)14(20)17(22)26-18(2,3)4/h8-9H,7H2,1-6H3. The second-order valence-electron chi connectivity index (χ2n) is 6.10. The zero-order valence-corrected chi connectivity index (χ0v) is 15.6. The van der Waals surface area contributed by atoms with E-state index >= 15 is 0 Å². The average molecular weight is 366 g/mol. The maximum atomic E-state index is 12.5. The molecule has 0 aliphatic carbocycles. The summed E-state index contributed by atoms with van der Waals surface area (Å²) < 4.78 is 20.1. The zero-order chi connectivity index (χ0) is 20.1. The van der Waals surface area contributed by atoms with E-state index in [1.165, 1.54) is 26.4 Å². The van der Waals surface area contributed by atoms with Crippen molar-refractivity contribution in [1.82, 2.24) is 0 Å². The molecule has 0 saturated carbocycles. The fourth-order valence-electron chi connectivity index (χ4n) is 2.06. The molecule has 0 bridgehead atoms. The van der Waals surface area contributed by atoms with Crippen LogP contribution in [0.25, 0.3) is 0 Å². The van der Waals surface area contributed by atoms with Gasteiger partial charge in [0.1, 0.15) is 11.2 Å². The lowest BCUT2D eigenvalue weighted by Crippen LogP contribution is -2.33. The van der Waals surface area contributed by atoms with Gasteiger partial charge in [-0.1, -0.05) is 0 Å². The first-order chi connectivity index (χ1) is 12.1. The number of hydrogen-bond acceptors (Lipinski definition) is 8. The van der Waals surface area contributed by atoms with Crippen molar-refractivity contribution in [2.75, 3.05) is 20.8 Å². The fraction of sp³-hybridized carbons (Fsp3) is 0.444. The van der Waals surface area contributed by atoms with Gasteiger partial charge in [0.2, 0.25) is 5.78 Å². The Balaban J connectivity index is 3.42. The summed E-state index contributed by atoms with van der Waals surface area (Å²) in [6.07, 6.45) is 0. The third kappa shape index (κ3) is 4.81. The number of carbonyl (C=O) groups is 4. The van der Waals surface area contributed by atoms with Crippen molar-refractivity contribution in [3.8, 4) is 11.5 Å². The molecule has 0 amide bonds. The van der Waals surface area contributed by atoms with Crippen molar-refractivity contribution in [2.24, 2.45) is 0 Å². The van der Waals surface area contributed by atoms with Crippen LogP contribution in [0.2, 0.25) is 0 Å².